The molecule has 7 heteroatoms. The van der Waals surface area contributed by atoms with E-state index in [1.54, 1.807) is 12.1 Å². The Bertz CT molecular complexity index is 993. The zero-order valence-corrected chi connectivity index (χ0v) is 18.0. The maximum atomic E-state index is 13.3. The zero-order valence-electron chi connectivity index (χ0n) is 18.0. The Labute approximate surface area is 191 Å². The number of alkyl halides is 3. The van der Waals surface area contributed by atoms with E-state index in [4.69, 9.17) is 0 Å². The van der Waals surface area contributed by atoms with E-state index in [0.717, 1.165) is 29.7 Å². The van der Waals surface area contributed by atoms with Crippen LogP contribution in [0.2, 0.25) is 0 Å². The van der Waals surface area contributed by atoms with Crippen molar-refractivity contribution in [2.45, 2.75) is 31.2 Å². The lowest BCUT2D eigenvalue weighted by Gasteiger charge is -2.34. The predicted molar refractivity (Wildman–Crippen MR) is 121 cm³/mol. The van der Waals surface area contributed by atoms with Crippen LogP contribution in [0.1, 0.15) is 29.9 Å². The topological polar surface area (TPSA) is 41.6 Å². The number of ether oxygens (including phenoxy) is 1. The third-order valence-corrected chi connectivity index (χ3v) is 5.80. The molecule has 3 aromatic carbocycles. The minimum Gasteiger partial charge on any atom is -0.406 e. The van der Waals surface area contributed by atoms with Crippen molar-refractivity contribution in [3.63, 3.8) is 0 Å². The Morgan fingerprint density at radius 3 is 1.85 bits per heavy atom. The highest BCUT2D eigenvalue weighted by molar-refractivity contribution is 5.87. The number of carbonyl (C=O) groups excluding carboxylic acids is 1. The van der Waals surface area contributed by atoms with E-state index in [0.29, 0.717) is 13.1 Å². The first-order valence-electron chi connectivity index (χ1n) is 10.9. The van der Waals surface area contributed by atoms with E-state index in [2.05, 4.69) is 15.0 Å². The lowest BCUT2D eigenvalue weighted by molar-refractivity contribution is -0.274. The van der Waals surface area contributed by atoms with Gasteiger partial charge < -0.3 is 15.0 Å². The number of piperidine rings is 1. The normalized spacial score (nSPS) is 14.8. The van der Waals surface area contributed by atoms with Crippen molar-refractivity contribution in [2.75, 3.05) is 18.0 Å². The van der Waals surface area contributed by atoms with Gasteiger partial charge in [0.2, 0.25) is 5.91 Å². The number of anilines is 1. The van der Waals surface area contributed by atoms with E-state index < -0.39 is 6.36 Å². The highest BCUT2D eigenvalue weighted by atomic mass is 19.4. The Morgan fingerprint density at radius 2 is 1.36 bits per heavy atom. The van der Waals surface area contributed by atoms with E-state index in [9.17, 15) is 18.0 Å². The third-order valence-electron chi connectivity index (χ3n) is 5.80. The summed E-state index contributed by atoms with van der Waals surface area (Å²) >= 11 is 0. The molecule has 4 rings (SSSR count). The molecule has 1 aliphatic heterocycles. The first kappa shape index (κ1) is 22.7. The van der Waals surface area contributed by atoms with Crippen LogP contribution in [0.15, 0.2) is 84.9 Å². The minimum absolute atomic E-state index is 0.0282. The monoisotopic (exact) mass is 454 g/mol. The zero-order chi connectivity index (χ0) is 23.3. The molecule has 0 bridgehead atoms. The smallest absolute Gasteiger partial charge is 0.406 e. The molecule has 0 radical (unpaired) electrons. The number of amides is 1. The molecule has 1 aliphatic rings. The lowest BCUT2D eigenvalue weighted by atomic mass is 9.90. The average Bonchev–Trinajstić information content (AvgIpc) is 2.81. The molecule has 3 aromatic rings. The molecular formula is C26H25F3N2O2. The van der Waals surface area contributed by atoms with E-state index in [1.165, 1.54) is 12.1 Å². The van der Waals surface area contributed by atoms with Gasteiger partial charge in [0.25, 0.3) is 0 Å². The fourth-order valence-corrected chi connectivity index (χ4v) is 4.21. The first-order chi connectivity index (χ1) is 15.9. The van der Waals surface area contributed by atoms with Crippen molar-refractivity contribution in [3.8, 4) is 5.75 Å². The average molecular weight is 454 g/mol. The van der Waals surface area contributed by atoms with Crippen molar-refractivity contribution in [1.82, 2.24) is 5.32 Å². The number of nitrogens with one attached hydrogen (secondary N) is 1. The summed E-state index contributed by atoms with van der Waals surface area (Å²) < 4.78 is 41.0. The van der Waals surface area contributed by atoms with Crippen LogP contribution in [-0.4, -0.2) is 31.4 Å². The van der Waals surface area contributed by atoms with E-state index in [-0.39, 0.29) is 23.6 Å². The van der Waals surface area contributed by atoms with Gasteiger partial charge in [0.1, 0.15) is 5.75 Å². The summed E-state index contributed by atoms with van der Waals surface area (Å²) in [5.74, 6) is -0.646. The molecule has 0 aliphatic carbocycles. The number of halogens is 3. The van der Waals surface area contributed by atoms with Gasteiger partial charge in [0, 0.05) is 24.8 Å². The molecule has 0 atom stereocenters. The SMILES string of the molecule is O=C(NC1CCN(c2ccc(OC(F)(F)F)cc2)CC1)C(c1ccccc1)c1ccccc1. The maximum Gasteiger partial charge on any atom is 0.573 e. The molecular weight excluding hydrogens is 429 g/mol. The second-order valence-electron chi connectivity index (χ2n) is 8.07. The molecule has 0 spiro atoms. The van der Waals surface area contributed by atoms with E-state index in [1.807, 2.05) is 60.7 Å². The molecule has 1 N–H and O–H groups in total. The van der Waals surface area contributed by atoms with Gasteiger partial charge in [-0.1, -0.05) is 60.7 Å². The van der Waals surface area contributed by atoms with Crippen molar-refractivity contribution in [3.05, 3.63) is 96.1 Å². The van der Waals surface area contributed by atoms with Crippen LogP contribution in [0.5, 0.6) is 5.75 Å². The largest absolute Gasteiger partial charge is 0.573 e. The van der Waals surface area contributed by atoms with Gasteiger partial charge in [-0.15, -0.1) is 13.2 Å². The van der Waals surface area contributed by atoms with Crippen LogP contribution in [0.4, 0.5) is 18.9 Å². The summed E-state index contributed by atoms with van der Waals surface area (Å²) in [5, 5.41) is 3.21. The number of hydrogen-bond donors (Lipinski definition) is 1. The quantitative estimate of drug-likeness (QED) is 0.535. The molecule has 1 fully saturated rings. The summed E-state index contributed by atoms with van der Waals surface area (Å²) in [7, 11) is 0. The Kier molecular flexibility index (Phi) is 6.87. The second-order valence-corrected chi connectivity index (χ2v) is 8.07. The molecule has 1 saturated heterocycles. The van der Waals surface area contributed by atoms with Gasteiger partial charge in [-0.2, -0.15) is 0 Å². The lowest BCUT2D eigenvalue weighted by Crippen LogP contribution is -2.46. The number of nitrogens with zero attached hydrogens (tertiary/aromatic N) is 1. The van der Waals surface area contributed by atoms with Crippen LogP contribution in [0.25, 0.3) is 0 Å². The number of rotatable bonds is 6. The van der Waals surface area contributed by atoms with Crippen LogP contribution < -0.4 is 15.0 Å². The highest BCUT2D eigenvalue weighted by Crippen LogP contribution is 2.28. The Hall–Kier alpha value is -3.48. The predicted octanol–water partition coefficient (Wildman–Crippen LogP) is 5.50. The van der Waals surface area contributed by atoms with Gasteiger partial charge in [-0.05, 0) is 48.2 Å². The highest BCUT2D eigenvalue weighted by Gasteiger charge is 2.31. The molecule has 0 saturated carbocycles. The summed E-state index contributed by atoms with van der Waals surface area (Å²) in [6.07, 6.45) is -3.19. The van der Waals surface area contributed by atoms with Gasteiger partial charge >= 0.3 is 6.36 Å². The first-order valence-corrected chi connectivity index (χ1v) is 10.9. The van der Waals surface area contributed by atoms with E-state index >= 15 is 0 Å². The molecule has 4 nitrogen and oxygen atoms in total. The number of benzene rings is 3. The summed E-state index contributed by atoms with van der Waals surface area (Å²) in [6.45, 7) is 1.40. The Balaban J connectivity index is 1.37. The van der Waals surface area contributed by atoms with Gasteiger partial charge in [0.05, 0.1) is 5.92 Å². The molecule has 172 valence electrons. The third kappa shape index (κ3) is 6.06. The maximum absolute atomic E-state index is 13.3. The van der Waals surface area contributed by atoms with Crippen molar-refractivity contribution < 1.29 is 22.7 Å². The summed E-state index contributed by atoms with van der Waals surface area (Å²) in [4.78, 5) is 15.4. The molecule has 33 heavy (non-hydrogen) atoms. The standard InChI is InChI=1S/C26H25F3N2O2/c27-26(28,29)33-23-13-11-22(12-14-23)31-17-15-21(16-18-31)30-25(32)24(19-7-3-1-4-8-19)20-9-5-2-6-10-20/h1-14,21,24H,15-18H2,(H,30,32). The Morgan fingerprint density at radius 1 is 0.848 bits per heavy atom. The van der Waals surface area contributed by atoms with Crippen molar-refractivity contribution >= 4 is 11.6 Å². The summed E-state index contributed by atoms with van der Waals surface area (Å²) in [6, 6.07) is 25.4. The number of hydrogen-bond acceptors (Lipinski definition) is 3. The van der Waals surface area contributed by atoms with Gasteiger partial charge in [-0.3, -0.25) is 4.79 Å². The van der Waals surface area contributed by atoms with Crippen molar-refractivity contribution in [1.29, 1.82) is 0 Å². The summed E-state index contributed by atoms with van der Waals surface area (Å²) in [5.41, 5.74) is 2.72. The van der Waals surface area contributed by atoms with Crippen LogP contribution in [0.3, 0.4) is 0 Å². The minimum atomic E-state index is -4.70. The fraction of sp³-hybridized carbons (Fsp3) is 0.269. The molecule has 1 heterocycles. The van der Waals surface area contributed by atoms with Crippen LogP contribution >= 0.6 is 0 Å². The fourth-order valence-electron chi connectivity index (χ4n) is 4.21. The van der Waals surface area contributed by atoms with Crippen LogP contribution in [0, 0.1) is 0 Å². The molecule has 0 unspecified atom stereocenters. The van der Waals surface area contributed by atoms with Crippen LogP contribution in [-0.2, 0) is 4.79 Å². The molecule has 0 aromatic heterocycles. The van der Waals surface area contributed by atoms with Gasteiger partial charge in [0.15, 0.2) is 0 Å². The van der Waals surface area contributed by atoms with Crippen molar-refractivity contribution in [2.24, 2.45) is 0 Å². The number of carbonyl (C=O) groups is 1. The molecule has 1 amide bonds. The van der Waals surface area contributed by atoms with Gasteiger partial charge in [-0.25, -0.2) is 0 Å². The second kappa shape index (κ2) is 9.98.